The van der Waals surface area contributed by atoms with Gasteiger partial charge in [0.1, 0.15) is 0 Å². The van der Waals surface area contributed by atoms with E-state index in [0.717, 1.165) is 11.4 Å². The van der Waals surface area contributed by atoms with E-state index in [1.165, 1.54) is 24.0 Å². The van der Waals surface area contributed by atoms with Gasteiger partial charge in [0.25, 0.3) is 0 Å². The molecular weight excluding hydrogens is 266 g/mol. The molecule has 1 unspecified atom stereocenters. The van der Waals surface area contributed by atoms with Crippen LogP contribution in [0.1, 0.15) is 24.0 Å². The van der Waals surface area contributed by atoms with Gasteiger partial charge in [-0.2, -0.15) is 0 Å². The molecule has 1 nitrogen and oxygen atoms in total. The van der Waals surface area contributed by atoms with Gasteiger partial charge in [0.2, 0.25) is 0 Å². The lowest BCUT2D eigenvalue weighted by Gasteiger charge is -2.27. The van der Waals surface area contributed by atoms with Crippen LogP contribution in [-0.4, -0.2) is 13.1 Å². The Hall–Kier alpha value is -1.31. The van der Waals surface area contributed by atoms with Crippen molar-refractivity contribution in [2.24, 2.45) is 0 Å². The molecule has 1 atom stereocenters. The molecule has 0 bridgehead atoms. The molecule has 3 rings (SSSR count). The molecule has 2 heteroatoms. The molecule has 2 aromatic carbocycles. The summed E-state index contributed by atoms with van der Waals surface area (Å²) in [5.74, 6) is 0. The summed E-state index contributed by atoms with van der Waals surface area (Å²) in [6.07, 6.45) is 3.59. The van der Waals surface area contributed by atoms with Crippen LogP contribution in [-0.2, 0) is 11.8 Å². The third-order valence-electron chi connectivity index (χ3n) is 4.51. The first-order valence-corrected chi connectivity index (χ1v) is 7.60. The fourth-order valence-corrected chi connectivity index (χ4v) is 3.30. The van der Waals surface area contributed by atoms with Gasteiger partial charge in [0, 0.05) is 16.5 Å². The highest BCUT2D eigenvalue weighted by Gasteiger charge is 2.49. The molecule has 1 aliphatic carbocycles. The molecule has 0 aromatic heterocycles. The molecule has 0 amide bonds. The first-order valence-electron chi connectivity index (χ1n) is 7.22. The minimum absolute atomic E-state index is 0.315. The molecule has 0 aliphatic heterocycles. The Labute approximate surface area is 126 Å². The average molecular weight is 286 g/mol. The van der Waals surface area contributed by atoms with E-state index in [9.17, 15) is 0 Å². The number of benzene rings is 2. The van der Waals surface area contributed by atoms with Crippen molar-refractivity contribution in [3.05, 3.63) is 70.7 Å². The van der Waals surface area contributed by atoms with E-state index in [-0.39, 0.29) is 0 Å². The standard InChI is InChI=1S/C18H20ClN/c1-20-17(13-14-7-9-16(19)10-8-14)18(11-12-18)15-5-3-2-4-6-15/h2-10,17,20H,11-13H2,1H3. The lowest BCUT2D eigenvalue weighted by molar-refractivity contribution is 0.442. The van der Waals surface area contributed by atoms with Crippen LogP contribution in [0.25, 0.3) is 0 Å². The highest BCUT2D eigenvalue weighted by atomic mass is 35.5. The molecule has 1 N–H and O–H groups in total. The third kappa shape index (κ3) is 2.61. The first kappa shape index (κ1) is 13.7. The maximum absolute atomic E-state index is 5.96. The van der Waals surface area contributed by atoms with Crippen molar-refractivity contribution in [2.45, 2.75) is 30.7 Å². The minimum atomic E-state index is 0.315. The molecule has 0 radical (unpaired) electrons. The number of halogens is 1. The zero-order valence-corrected chi connectivity index (χ0v) is 12.5. The van der Waals surface area contributed by atoms with E-state index < -0.39 is 0 Å². The lowest BCUT2D eigenvalue weighted by atomic mass is 9.84. The van der Waals surface area contributed by atoms with Gasteiger partial charge in [-0.3, -0.25) is 0 Å². The van der Waals surface area contributed by atoms with Crippen LogP contribution < -0.4 is 5.32 Å². The van der Waals surface area contributed by atoms with Crippen molar-refractivity contribution in [1.82, 2.24) is 5.32 Å². The minimum Gasteiger partial charge on any atom is -0.316 e. The van der Waals surface area contributed by atoms with Gasteiger partial charge in [-0.05, 0) is 49.6 Å². The van der Waals surface area contributed by atoms with Crippen LogP contribution in [0.2, 0.25) is 5.02 Å². The fourth-order valence-electron chi connectivity index (χ4n) is 3.17. The first-order chi connectivity index (χ1) is 9.74. The summed E-state index contributed by atoms with van der Waals surface area (Å²) < 4.78 is 0. The number of rotatable bonds is 5. The van der Waals surface area contributed by atoms with E-state index in [1.54, 1.807) is 0 Å². The molecule has 0 heterocycles. The Balaban J connectivity index is 1.82. The molecule has 1 saturated carbocycles. The molecule has 104 valence electrons. The van der Waals surface area contributed by atoms with Crippen LogP contribution in [0, 0.1) is 0 Å². The van der Waals surface area contributed by atoms with Crippen molar-refractivity contribution in [2.75, 3.05) is 7.05 Å². The molecule has 1 fully saturated rings. The zero-order valence-electron chi connectivity index (χ0n) is 11.8. The highest BCUT2D eigenvalue weighted by Crippen LogP contribution is 2.51. The number of nitrogens with one attached hydrogen (secondary N) is 1. The summed E-state index contributed by atoms with van der Waals surface area (Å²) in [5, 5.41) is 4.34. The Morgan fingerprint density at radius 1 is 1.05 bits per heavy atom. The van der Waals surface area contributed by atoms with Crippen molar-refractivity contribution in [3.8, 4) is 0 Å². The van der Waals surface area contributed by atoms with Crippen molar-refractivity contribution >= 4 is 11.6 Å². The Bertz CT molecular complexity index is 558. The van der Waals surface area contributed by atoms with Gasteiger partial charge >= 0.3 is 0 Å². The van der Waals surface area contributed by atoms with Gasteiger partial charge in [-0.15, -0.1) is 0 Å². The summed E-state index contributed by atoms with van der Waals surface area (Å²) in [6.45, 7) is 0. The van der Waals surface area contributed by atoms with Crippen LogP contribution in [0.5, 0.6) is 0 Å². The zero-order chi connectivity index (χ0) is 14.0. The van der Waals surface area contributed by atoms with Gasteiger partial charge in [-0.1, -0.05) is 54.1 Å². The van der Waals surface area contributed by atoms with Crippen molar-refractivity contribution in [1.29, 1.82) is 0 Å². The summed E-state index contributed by atoms with van der Waals surface area (Å²) >= 11 is 5.96. The molecule has 2 aromatic rings. The summed E-state index contributed by atoms with van der Waals surface area (Å²) in [6, 6.07) is 19.6. The second kappa shape index (κ2) is 5.59. The number of hydrogen-bond acceptors (Lipinski definition) is 1. The maximum Gasteiger partial charge on any atom is 0.0406 e. The van der Waals surface area contributed by atoms with Gasteiger partial charge in [-0.25, -0.2) is 0 Å². The molecule has 0 spiro atoms. The van der Waals surface area contributed by atoms with Crippen LogP contribution >= 0.6 is 11.6 Å². The van der Waals surface area contributed by atoms with Crippen molar-refractivity contribution in [3.63, 3.8) is 0 Å². The molecule has 0 saturated heterocycles. The molecule has 1 aliphatic rings. The highest BCUT2D eigenvalue weighted by molar-refractivity contribution is 6.30. The summed E-state index contributed by atoms with van der Waals surface area (Å²) in [4.78, 5) is 0. The third-order valence-corrected chi connectivity index (χ3v) is 4.76. The largest absolute Gasteiger partial charge is 0.316 e. The van der Waals surface area contributed by atoms with Gasteiger partial charge < -0.3 is 5.32 Å². The SMILES string of the molecule is CNC(Cc1ccc(Cl)cc1)C1(c2ccccc2)CC1. The predicted octanol–water partition coefficient (Wildman–Crippen LogP) is 4.20. The van der Waals surface area contributed by atoms with Gasteiger partial charge in [0.05, 0.1) is 0 Å². The van der Waals surface area contributed by atoms with E-state index in [2.05, 4.69) is 54.8 Å². The second-order valence-corrected chi connectivity index (χ2v) is 6.13. The van der Waals surface area contributed by atoms with Crippen LogP contribution in [0.15, 0.2) is 54.6 Å². The predicted molar refractivity (Wildman–Crippen MR) is 85.4 cm³/mol. The van der Waals surface area contributed by atoms with Gasteiger partial charge in [0.15, 0.2) is 0 Å². The van der Waals surface area contributed by atoms with E-state index >= 15 is 0 Å². The molecule has 20 heavy (non-hydrogen) atoms. The summed E-state index contributed by atoms with van der Waals surface area (Å²) in [5.41, 5.74) is 3.12. The van der Waals surface area contributed by atoms with E-state index in [0.29, 0.717) is 11.5 Å². The maximum atomic E-state index is 5.96. The molecular formula is C18H20ClN. The van der Waals surface area contributed by atoms with Crippen molar-refractivity contribution < 1.29 is 0 Å². The van der Waals surface area contributed by atoms with E-state index in [1.807, 2.05) is 12.1 Å². The van der Waals surface area contributed by atoms with Crippen LogP contribution in [0.3, 0.4) is 0 Å². The Morgan fingerprint density at radius 2 is 1.70 bits per heavy atom. The smallest absolute Gasteiger partial charge is 0.0406 e. The van der Waals surface area contributed by atoms with Crippen LogP contribution in [0.4, 0.5) is 0 Å². The Morgan fingerprint density at radius 3 is 2.25 bits per heavy atom. The number of likely N-dealkylation sites (N-methyl/N-ethyl adjacent to an activating group) is 1. The number of hydrogen-bond donors (Lipinski definition) is 1. The quantitative estimate of drug-likeness (QED) is 0.868. The fraction of sp³-hybridized carbons (Fsp3) is 0.333. The lowest BCUT2D eigenvalue weighted by Crippen LogP contribution is -2.39. The topological polar surface area (TPSA) is 12.0 Å². The summed E-state index contributed by atoms with van der Waals surface area (Å²) in [7, 11) is 2.07. The average Bonchev–Trinajstić information content (AvgIpc) is 3.29. The van der Waals surface area contributed by atoms with E-state index in [4.69, 9.17) is 11.6 Å². The normalized spacial score (nSPS) is 17.7. The monoisotopic (exact) mass is 285 g/mol. The second-order valence-electron chi connectivity index (χ2n) is 5.69. The Kier molecular flexibility index (Phi) is 3.82.